The third-order valence-electron chi connectivity index (χ3n) is 5.40. The van der Waals surface area contributed by atoms with Gasteiger partial charge in [0.05, 0.1) is 22.2 Å². The number of rotatable bonds is 8. The van der Waals surface area contributed by atoms with Crippen molar-refractivity contribution in [3.63, 3.8) is 0 Å². The number of hydrogen-bond acceptors (Lipinski definition) is 5. The second kappa shape index (κ2) is 11.3. The number of benzene rings is 1. The number of aromatic nitrogens is 1. The molecule has 174 valence electrons. The van der Waals surface area contributed by atoms with Crippen molar-refractivity contribution in [3.8, 4) is 0 Å². The molecule has 0 aliphatic carbocycles. The molecule has 3 rings (SSSR count). The van der Waals surface area contributed by atoms with Gasteiger partial charge in [-0.15, -0.1) is 0 Å². The van der Waals surface area contributed by atoms with Gasteiger partial charge in [0, 0.05) is 42.9 Å². The Morgan fingerprint density at radius 1 is 1.21 bits per heavy atom. The van der Waals surface area contributed by atoms with Gasteiger partial charge in [0.1, 0.15) is 6.54 Å². The number of nitrogens with zero attached hydrogens (tertiary/aromatic N) is 2. The first-order valence-corrected chi connectivity index (χ1v) is 11.4. The summed E-state index contributed by atoms with van der Waals surface area (Å²) >= 11 is 12.2. The lowest BCUT2D eigenvalue weighted by molar-refractivity contribution is -0.141. The number of ether oxygens (including phenoxy) is 1. The Hall–Kier alpha value is -2.90. The van der Waals surface area contributed by atoms with Gasteiger partial charge in [-0.2, -0.15) is 0 Å². The Morgan fingerprint density at radius 2 is 2.00 bits per heavy atom. The van der Waals surface area contributed by atoms with Crippen LogP contribution in [0.15, 0.2) is 53.9 Å². The van der Waals surface area contributed by atoms with E-state index in [-0.39, 0.29) is 31.4 Å². The zero-order valence-corrected chi connectivity index (χ0v) is 19.9. The Balaban J connectivity index is 1.79. The van der Waals surface area contributed by atoms with Crippen LogP contribution in [0.4, 0.5) is 0 Å². The van der Waals surface area contributed by atoms with Crippen LogP contribution in [0.5, 0.6) is 0 Å². The minimum absolute atomic E-state index is 0.00463. The molecule has 7 nitrogen and oxygen atoms in total. The van der Waals surface area contributed by atoms with E-state index in [2.05, 4.69) is 10.3 Å². The second-order valence-corrected chi connectivity index (χ2v) is 8.37. The molecular formula is C24H25Cl2N3O4. The Bertz CT molecular complexity index is 1070. The number of halogens is 2. The second-order valence-electron chi connectivity index (χ2n) is 7.55. The first-order valence-electron chi connectivity index (χ1n) is 10.6. The van der Waals surface area contributed by atoms with Gasteiger partial charge in [-0.3, -0.25) is 14.6 Å². The molecule has 33 heavy (non-hydrogen) atoms. The summed E-state index contributed by atoms with van der Waals surface area (Å²) in [6.45, 7) is 3.74. The van der Waals surface area contributed by atoms with E-state index in [0.29, 0.717) is 39.8 Å². The Morgan fingerprint density at radius 3 is 2.67 bits per heavy atom. The molecule has 1 unspecified atom stereocenters. The number of carbonyl (C=O) groups is 3. The van der Waals surface area contributed by atoms with E-state index in [0.717, 1.165) is 5.69 Å². The first kappa shape index (κ1) is 24.7. The fourth-order valence-electron chi connectivity index (χ4n) is 3.77. The SMILES string of the molecule is CCOC(=O)C1=C(C)N(CC(=O)NCCc2ccccn2)C(=O)CC1c1ccc(Cl)c(Cl)c1. The van der Waals surface area contributed by atoms with Crippen LogP contribution in [0.1, 0.15) is 37.4 Å². The number of nitrogens with one attached hydrogen (secondary N) is 1. The number of amides is 2. The molecule has 0 saturated heterocycles. The van der Waals surface area contributed by atoms with Crippen molar-refractivity contribution in [1.82, 2.24) is 15.2 Å². The molecule has 0 saturated carbocycles. The van der Waals surface area contributed by atoms with Crippen molar-refractivity contribution in [3.05, 3.63) is 75.2 Å². The third-order valence-corrected chi connectivity index (χ3v) is 6.13. The molecule has 1 atom stereocenters. The molecule has 1 N–H and O–H groups in total. The van der Waals surface area contributed by atoms with Gasteiger partial charge in [-0.25, -0.2) is 4.79 Å². The normalized spacial score (nSPS) is 16.1. The quantitative estimate of drug-likeness (QED) is 0.568. The summed E-state index contributed by atoms with van der Waals surface area (Å²) in [5.41, 5.74) is 2.26. The van der Waals surface area contributed by atoms with Crippen molar-refractivity contribution >= 4 is 41.0 Å². The Kier molecular flexibility index (Phi) is 8.47. The molecule has 2 amide bonds. The minimum Gasteiger partial charge on any atom is -0.463 e. The fourth-order valence-corrected chi connectivity index (χ4v) is 4.07. The average molecular weight is 490 g/mol. The van der Waals surface area contributed by atoms with Gasteiger partial charge in [0.25, 0.3) is 0 Å². The summed E-state index contributed by atoms with van der Waals surface area (Å²) in [4.78, 5) is 43.9. The molecule has 2 heterocycles. The van der Waals surface area contributed by atoms with Crippen molar-refractivity contribution < 1.29 is 19.1 Å². The lowest BCUT2D eigenvalue weighted by Gasteiger charge is -2.34. The molecule has 0 bridgehead atoms. The molecule has 0 radical (unpaired) electrons. The van der Waals surface area contributed by atoms with E-state index in [4.69, 9.17) is 27.9 Å². The van der Waals surface area contributed by atoms with Crippen LogP contribution in [-0.2, 0) is 25.5 Å². The topological polar surface area (TPSA) is 88.6 Å². The number of pyridine rings is 1. The van der Waals surface area contributed by atoms with Crippen LogP contribution in [0.25, 0.3) is 0 Å². The van der Waals surface area contributed by atoms with Crippen LogP contribution in [-0.4, -0.2) is 47.4 Å². The summed E-state index contributed by atoms with van der Waals surface area (Å²) in [6.07, 6.45) is 2.27. The van der Waals surface area contributed by atoms with Crippen molar-refractivity contribution in [1.29, 1.82) is 0 Å². The summed E-state index contributed by atoms with van der Waals surface area (Å²) in [6, 6.07) is 10.6. The summed E-state index contributed by atoms with van der Waals surface area (Å²) < 4.78 is 5.26. The van der Waals surface area contributed by atoms with E-state index in [1.165, 1.54) is 4.90 Å². The Labute approximate surface area is 202 Å². The van der Waals surface area contributed by atoms with E-state index in [1.54, 1.807) is 38.2 Å². The zero-order chi connectivity index (χ0) is 24.0. The predicted octanol–water partition coefficient (Wildman–Crippen LogP) is 3.90. The minimum atomic E-state index is -0.546. The largest absolute Gasteiger partial charge is 0.463 e. The molecule has 2 aromatic rings. The van der Waals surface area contributed by atoms with Gasteiger partial charge in [-0.05, 0) is 43.7 Å². The molecule has 9 heteroatoms. The predicted molar refractivity (Wildman–Crippen MR) is 126 cm³/mol. The third kappa shape index (κ3) is 6.12. The molecule has 1 aliphatic rings. The van der Waals surface area contributed by atoms with Crippen molar-refractivity contribution in [2.75, 3.05) is 19.7 Å². The summed E-state index contributed by atoms with van der Waals surface area (Å²) in [7, 11) is 0. The van der Waals surface area contributed by atoms with E-state index < -0.39 is 11.9 Å². The van der Waals surface area contributed by atoms with Gasteiger partial charge in [0.2, 0.25) is 11.8 Å². The molecule has 1 aliphatic heterocycles. The van der Waals surface area contributed by atoms with Gasteiger partial charge in [0.15, 0.2) is 0 Å². The summed E-state index contributed by atoms with van der Waals surface area (Å²) in [5, 5.41) is 3.51. The summed E-state index contributed by atoms with van der Waals surface area (Å²) in [5.74, 6) is -1.67. The maximum Gasteiger partial charge on any atom is 0.336 e. The van der Waals surface area contributed by atoms with Crippen LogP contribution in [0.2, 0.25) is 10.0 Å². The first-order chi connectivity index (χ1) is 15.8. The van der Waals surface area contributed by atoms with Crippen molar-refractivity contribution in [2.24, 2.45) is 0 Å². The van der Waals surface area contributed by atoms with Crippen LogP contribution in [0.3, 0.4) is 0 Å². The van der Waals surface area contributed by atoms with Gasteiger partial charge >= 0.3 is 5.97 Å². The highest BCUT2D eigenvalue weighted by molar-refractivity contribution is 6.42. The van der Waals surface area contributed by atoms with Crippen molar-refractivity contribution in [2.45, 2.75) is 32.6 Å². The standard InChI is InChI=1S/C24H25Cl2N3O4/c1-3-33-24(32)23-15(2)29(14-21(30)28-11-9-17-6-4-5-10-27-17)22(31)13-18(23)16-7-8-19(25)20(26)12-16/h4-8,10,12,18H,3,9,11,13-14H2,1-2H3,(H,28,30). The lowest BCUT2D eigenvalue weighted by Crippen LogP contribution is -2.44. The maximum atomic E-state index is 13.0. The van der Waals surface area contributed by atoms with Crippen LogP contribution in [0, 0.1) is 0 Å². The zero-order valence-electron chi connectivity index (χ0n) is 18.4. The lowest BCUT2D eigenvalue weighted by atomic mass is 9.83. The number of hydrogen-bond donors (Lipinski definition) is 1. The molecule has 1 aromatic heterocycles. The molecule has 0 fully saturated rings. The molecule has 1 aromatic carbocycles. The monoisotopic (exact) mass is 489 g/mol. The van der Waals surface area contributed by atoms with E-state index in [1.807, 2.05) is 18.2 Å². The van der Waals surface area contributed by atoms with Gasteiger partial charge < -0.3 is 15.0 Å². The smallest absolute Gasteiger partial charge is 0.336 e. The number of carbonyl (C=O) groups excluding carboxylic acids is 3. The van der Waals surface area contributed by atoms with E-state index in [9.17, 15) is 14.4 Å². The van der Waals surface area contributed by atoms with Crippen LogP contribution < -0.4 is 5.32 Å². The molecular weight excluding hydrogens is 465 g/mol. The highest BCUT2D eigenvalue weighted by atomic mass is 35.5. The molecule has 0 spiro atoms. The van der Waals surface area contributed by atoms with E-state index >= 15 is 0 Å². The van der Waals surface area contributed by atoms with Crippen LogP contribution >= 0.6 is 23.2 Å². The fraction of sp³-hybridized carbons (Fsp3) is 0.333. The average Bonchev–Trinajstić information content (AvgIpc) is 2.79. The highest BCUT2D eigenvalue weighted by Crippen LogP contribution is 2.38. The highest BCUT2D eigenvalue weighted by Gasteiger charge is 2.37. The maximum absolute atomic E-state index is 13.0. The number of allylic oxidation sites excluding steroid dienone is 1. The number of esters is 1. The van der Waals surface area contributed by atoms with Gasteiger partial charge in [-0.1, -0.05) is 35.3 Å².